The van der Waals surface area contributed by atoms with Crippen LogP contribution in [0.15, 0.2) is 0 Å². The molecule has 1 N–H and O–H groups in total. The van der Waals surface area contributed by atoms with Gasteiger partial charge in [0.05, 0.1) is 23.6 Å². The van der Waals surface area contributed by atoms with Gasteiger partial charge in [-0.05, 0) is 38.4 Å². The Bertz CT molecular complexity index is 635. The molecule has 0 saturated heterocycles. The lowest BCUT2D eigenvalue weighted by molar-refractivity contribution is -0.117. The van der Waals surface area contributed by atoms with E-state index in [1.807, 2.05) is 18.7 Å². The number of likely N-dealkylation sites (N-methyl/N-ethyl adjacent to an activating group) is 1. The summed E-state index contributed by atoms with van der Waals surface area (Å²) in [6.45, 7) is 7.77. The molecule has 0 aromatic carbocycles. The second-order valence-electron chi connectivity index (χ2n) is 5.62. The first-order valence-corrected chi connectivity index (χ1v) is 9.21. The maximum Gasteiger partial charge on any atom is 0.341 e. The molecular weight excluding hydrogens is 328 g/mol. The summed E-state index contributed by atoms with van der Waals surface area (Å²) in [5.74, 6) is -0.617. The third kappa shape index (κ3) is 4.02. The zero-order valence-corrected chi connectivity index (χ0v) is 15.3. The topological polar surface area (TPSA) is 75.7 Å². The smallest absolute Gasteiger partial charge is 0.341 e. The van der Waals surface area contributed by atoms with Gasteiger partial charge >= 0.3 is 5.97 Å². The number of ether oxygens (including phenoxy) is 1. The molecule has 1 aromatic heterocycles. The molecule has 0 aliphatic heterocycles. The number of Topliss-reactive ketones (excluding diaryl/α,β-unsaturated/α-hetero) is 1. The summed E-state index contributed by atoms with van der Waals surface area (Å²) in [5.41, 5.74) is 1.09. The summed E-state index contributed by atoms with van der Waals surface area (Å²) in [5, 5.41) is 3.25. The molecule has 1 aliphatic rings. The highest BCUT2D eigenvalue weighted by Gasteiger charge is 2.30. The molecule has 0 atom stereocenters. The SMILES string of the molecule is CCOC(=O)c1c(NC(=O)CN(CC)CC)sc2c1CCCC2=O. The van der Waals surface area contributed by atoms with Crippen LogP contribution in [-0.4, -0.2) is 48.8 Å². The van der Waals surface area contributed by atoms with Gasteiger partial charge in [-0.25, -0.2) is 4.79 Å². The lowest BCUT2D eigenvalue weighted by Crippen LogP contribution is -2.33. The van der Waals surface area contributed by atoms with Crippen LogP contribution >= 0.6 is 11.3 Å². The first kappa shape index (κ1) is 18.6. The largest absolute Gasteiger partial charge is 0.462 e. The van der Waals surface area contributed by atoms with Crippen molar-refractivity contribution in [2.45, 2.75) is 40.0 Å². The first-order chi connectivity index (χ1) is 11.5. The summed E-state index contributed by atoms with van der Waals surface area (Å²) >= 11 is 1.19. The predicted octanol–water partition coefficient (Wildman–Crippen LogP) is 2.72. The van der Waals surface area contributed by atoms with E-state index in [0.717, 1.165) is 25.1 Å². The molecule has 24 heavy (non-hydrogen) atoms. The number of carbonyl (C=O) groups excluding carboxylic acids is 3. The molecular formula is C17H24N2O4S. The number of anilines is 1. The number of nitrogens with one attached hydrogen (secondary N) is 1. The van der Waals surface area contributed by atoms with Gasteiger partial charge in [-0.15, -0.1) is 11.3 Å². The van der Waals surface area contributed by atoms with E-state index >= 15 is 0 Å². The van der Waals surface area contributed by atoms with Crippen LogP contribution in [0.1, 0.15) is 59.2 Å². The minimum absolute atomic E-state index is 0.0380. The molecule has 0 saturated carbocycles. The van der Waals surface area contributed by atoms with Crippen molar-refractivity contribution in [2.75, 3.05) is 31.6 Å². The van der Waals surface area contributed by atoms with Crippen molar-refractivity contribution >= 4 is 34.0 Å². The molecule has 1 aromatic rings. The highest BCUT2D eigenvalue weighted by Crippen LogP contribution is 2.38. The molecule has 6 nitrogen and oxygen atoms in total. The second kappa shape index (κ2) is 8.39. The van der Waals surface area contributed by atoms with Gasteiger partial charge in [0.25, 0.3) is 0 Å². The number of hydrogen-bond acceptors (Lipinski definition) is 6. The van der Waals surface area contributed by atoms with Gasteiger partial charge in [-0.2, -0.15) is 0 Å². The molecule has 0 fully saturated rings. The van der Waals surface area contributed by atoms with Gasteiger partial charge in [-0.3, -0.25) is 14.5 Å². The number of amides is 1. The van der Waals surface area contributed by atoms with Gasteiger partial charge < -0.3 is 10.1 Å². The lowest BCUT2D eigenvalue weighted by Gasteiger charge is -2.17. The van der Waals surface area contributed by atoms with E-state index in [-0.39, 0.29) is 24.8 Å². The fraction of sp³-hybridized carbons (Fsp3) is 0.588. The molecule has 0 spiro atoms. The van der Waals surface area contributed by atoms with E-state index in [1.165, 1.54) is 11.3 Å². The third-order valence-electron chi connectivity index (χ3n) is 4.09. The van der Waals surface area contributed by atoms with Crippen molar-refractivity contribution in [2.24, 2.45) is 0 Å². The summed E-state index contributed by atoms with van der Waals surface area (Å²) < 4.78 is 5.13. The molecule has 1 aliphatic carbocycles. The summed E-state index contributed by atoms with van der Waals surface area (Å²) in [4.78, 5) is 39.3. The lowest BCUT2D eigenvalue weighted by atomic mass is 9.94. The number of thiophene rings is 1. The normalized spacial score (nSPS) is 13.8. The number of ketones is 1. The maximum absolute atomic E-state index is 12.3. The Morgan fingerprint density at radius 3 is 2.54 bits per heavy atom. The van der Waals surface area contributed by atoms with Crippen molar-refractivity contribution in [1.82, 2.24) is 4.90 Å². The van der Waals surface area contributed by atoms with Crippen molar-refractivity contribution in [3.05, 3.63) is 16.0 Å². The Morgan fingerprint density at radius 1 is 1.21 bits per heavy atom. The number of fused-ring (bicyclic) bond motifs is 1. The van der Waals surface area contributed by atoms with Crippen molar-refractivity contribution in [1.29, 1.82) is 0 Å². The van der Waals surface area contributed by atoms with E-state index in [2.05, 4.69) is 5.32 Å². The number of nitrogens with zero attached hydrogens (tertiary/aromatic N) is 1. The molecule has 2 rings (SSSR count). The van der Waals surface area contributed by atoms with Crippen LogP contribution in [0.4, 0.5) is 5.00 Å². The van der Waals surface area contributed by atoms with Crippen LogP contribution in [0, 0.1) is 0 Å². The minimum Gasteiger partial charge on any atom is -0.462 e. The van der Waals surface area contributed by atoms with Crippen molar-refractivity contribution < 1.29 is 19.1 Å². The number of hydrogen-bond donors (Lipinski definition) is 1. The van der Waals surface area contributed by atoms with E-state index in [4.69, 9.17) is 4.74 Å². The Kier molecular flexibility index (Phi) is 6.51. The van der Waals surface area contributed by atoms with Crippen LogP contribution in [0.25, 0.3) is 0 Å². The summed E-state index contributed by atoms with van der Waals surface area (Å²) in [6.07, 6.45) is 1.88. The highest BCUT2D eigenvalue weighted by atomic mass is 32.1. The van der Waals surface area contributed by atoms with E-state index < -0.39 is 5.97 Å². The molecule has 132 valence electrons. The monoisotopic (exact) mass is 352 g/mol. The number of carbonyl (C=O) groups is 3. The zero-order chi connectivity index (χ0) is 17.7. The van der Waals surface area contributed by atoms with Crippen LogP contribution in [0.3, 0.4) is 0 Å². The molecule has 1 amide bonds. The van der Waals surface area contributed by atoms with Gasteiger partial charge in [-0.1, -0.05) is 13.8 Å². The van der Waals surface area contributed by atoms with Gasteiger partial charge in [0, 0.05) is 6.42 Å². The van der Waals surface area contributed by atoms with Crippen molar-refractivity contribution in [3.63, 3.8) is 0 Å². The minimum atomic E-state index is -0.470. The fourth-order valence-corrected chi connectivity index (χ4v) is 4.01. The van der Waals surface area contributed by atoms with E-state index in [0.29, 0.717) is 28.3 Å². The Hall–Kier alpha value is -1.73. The van der Waals surface area contributed by atoms with Crippen LogP contribution in [0.5, 0.6) is 0 Å². The molecule has 0 unspecified atom stereocenters. The summed E-state index contributed by atoms with van der Waals surface area (Å²) in [6, 6.07) is 0. The predicted molar refractivity (Wildman–Crippen MR) is 94.0 cm³/mol. The maximum atomic E-state index is 12.3. The average molecular weight is 352 g/mol. The van der Waals surface area contributed by atoms with Gasteiger partial charge in [0.1, 0.15) is 5.00 Å². The zero-order valence-electron chi connectivity index (χ0n) is 14.4. The van der Waals surface area contributed by atoms with Crippen molar-refractivity contribution in [3.8, 4) is 0 Å². The molecule has 1 heterocycles. The molecule has 7 heteroatoms. The Morgan fingerprint density at radius 2 is 1.92 bits per heavy atom. The van der Waals surface area contributed by atoms with Crippen LogP contribution in [-0.2, 0) is 16.0 Å². The number of rotatable bonds is 7. The van der Waals surface area contributed by atoms with E-state index in [9.17, 15) is 14.4 Å². The molecule has 0 radical (unpaired) electrons. The van der Waals surface area contributed by atoms with E-state index in [1.54, 1.807) is 6.92 Å². The Balaban J connectivity index is 2.29. The van der Waals surface area contributed by atoms with Gasteiger partial charge in [0.15, 0.2) is 5.78 Å². The quantitative estimate of drug-likeness (QED) is 0.764. The fourth-order valence-electron chi connectivity index (χ4n) is 2.79. The molecule has 0 bridgehead atoms. The van der Waals surface area contributed by atoms with Crippen LogP contribution < -0.4 is 5.32 Å². The van der Waals surface area contributed by atoms with Crippen LogP contribution in [0.2, 0.25) is 0 Å². The van der Waals surface area contributed by atoms with Gasteiger partial charge in [0.2, 0.25) is 5.91 Å². The third-order valence-corrected chi connectivity index (χ3v) is 5.27. The highest BCUT2D eigenvalue weighted by molar-refractivity contribution is 7.18. The average Bonchev–Trinajstić information content (AvgIpc) is 2.92. The second-order valence-corrected chi connectivity index (χ2v) is 6.64. The first-order valence-electron chi connectivity index (χ1n) is 8.39. The Labute approximate surface area is 146 Å². The summed E-state index contributed by atoms with van der Waals surface area (Å²) in [7, 11) is 0. The standard InChI is InChI=1S/C17H24N2O4S/c1-4-19(5-2)10-13(21)18-16-14(17(22)23-6-3)11-8-7-9-12(20)15(11)24-16/h4-10H2,1-3H3,(H,18,21). The number of esters is 1.